The third-order valence-electron chi connectivity index (χ3n) is 5.53. The van der Waals surface area contributed by atoms with Gasteiger partial charge in [0.15, 0.2) is 0 Å². The third-order valence-corrected chi connectivity index (χ3v) is 5.53. The molecule has 0 aromatic carbocycles. The molecule has 1 N–H and O–H groups in total. The van der Waals surface area contributed by atoms with Crippen molar-refractivity contribution in [2.45, 2.75) is 70.5 Å². The van der Waals surface area contributed by atoms with Gasteiger partial charge in [-0.05, 0) is 72.0 Å². The summed E-state index contributed by atoms with van der Waals surface area (Å²) in [5.74, 6) is 0.867. The summed E-state index contributed by atoms with van der Waals surface area (Å²) in [6, 6.07) is 1.76. The van der Waals surface area contributed by atoms with Crippen LogP contribution in [0.5, 0.6) is 0 Å². The molecule has 3 rings (SSSR count). The minimum absolute atomic E-state index is 0.265. The highest BCUT2D eigenvalue weighted by atomic mass is 15.3. The first-order valence-corrected chi connectivity index (χ1v) is 8.76. The molecule has 0 spiro atoms. The Balaban J connectivity index is 1.50. The van der Waals surface area contributed by atoms with Gasteiger partial charge >= 0.3 is 0 Å². The molecule has 3 unspecified atom stereocenters. The SMILES string of the molecule is CC(C)(C)NCC1CCN(C2CCN3CCCCC23)C1. The Bertz CT molecular complexity index is 323. The second kappa shape index (κ2) is 5.94. The maximum absolute atomic E-state index is 3.69. The van der Waals surface area contributed by atoms with Crippen molar-refractivity contribution in [3.05, 3.63) is 0 Å². The Morgan fingerprint density at radius 3 is 2.45 bits per heavy atom. The molecule has 3 nitrogen and oxygen atoms in total. The highest BCUT2D eigenvalue weighted by Crippen LogP contribution is 2.33. The van der Waals surface area contributed by atoms with Gasteiger partial charge in [0.25, 0.3) is 0 Å². The molecule has 3 heterocycles. The van der Waals surface area contributed by atoms with E-state index in [1.165, 1.54) is 64.8 Å². The fraction of sp³-hybridized carbons (Fsp3) is 1.00. The molecule has 3 saturated heterocycles. The minimum atomic E-state index is 0.265. The fourth-order valence-corrected chi connectivity index (χ4v) is 4.43. The van der Waals surface area contributed by atoms with Crippen LogP contribution < -0.4 is 5.32 Å². The molecule has 0 saturated carbocycles. The lowest BCUT2D eigenvalue weighted by molar-refractivity contribution is 0.127. The molecule has 0 radical (unpaired) electrons. The number of hydrogen-bond acceptors (Lipinski definition) is 3. The molecule has 3 aliphatic rings. The van der Waals surface area contributed by atoms with Crippen LogP contribution in [-0.2, 0) is 0 Å². The van der Waals surface area contributed by atoms with Gasteiger partial charge in [-0.2, -0.15) is 0 Å². The Hall–Kier alpha value is -0.120. The first-order chi connectivity index (χ1) is 9.53. The van der Waals surface area contributed by atoms with Gasteiger partial charge in [0.1, 0.15) is 0 Å². The van der Waals surface area contributed by atoms with Gasteiger partial charge in [-0.25, -0.2) is 0 Å². The van der Waals surface area contributed by atoms with Crippen LogP contribution in [0.3, 0.4) is 0 Å². The van der Waals surface area contributed by atoms with Gasteiger partial charge in [0.2, 0.25) is 0 Å². The van der Waals surface area contributed by atoms with E-state index in [4.69, 9.17) is 0 Å². The van der Waals surface area contributed by atoms with E-state index in [2.05, 4.69) is 35.9 Å². The Morgan fingerprint density at radius 2 is 1.65 bits per heavy atom. The molecule has 0 bridgehead atoms. The average Bonchev–Trinajstić information content (AvgIpc) is 3.01. The summed E-state index contributed by atoms with van der Waals surface area (Å²) in [6.07, 6.45) is 7.16. The van der Waals surface area contributed by atoms with E-state index in [-0.39, 0.29) is 5.54 Å². The van der Waals surface area contributed by atoms with Crippen molar-refractivity contribution in [3.8, 4) is 0 Å². The van der Waals surface area contributed by atoms with Crippen LogP contribution in [0, 0.1) is 5.92 Å². The van der Waals surface area contributed by atoms with Crippen LogP contribution in [-0.4, -0.2) is 60.1 Å². The predicted molar refractivity (Wildman–Crippen MR) is 85.1 cm³/mol. The van der Waals surface area contributed by atoms with Crippen LogP contribution in [0.4, 0.5) is 0 Å². The molecule has 0 aliphatic carbocycles. The third kappa shape index (κ3) is 3.37. The molecular formula is C17H33N3. The first-order valence-electron chi connectivity index (χ1n) is 8.76. The highest BCUT2D eigenvalue weighted by Gasteiger charge is 2.40. The summed E-state index contributed by atoms with van der Waals surface area (Å²) in [4.78, 5) is 5.60. The van der Waals surface area contributed by atoms with E-state index in [0.717, 1.165) is 18.0 Å². The lowest BCUT2D eigenvalue weighted by Crippen LogP contribution is -2.46. The largest absolute Gasteiger partial charge is 0.312 e. The quantitative estimate of drug-likeness (QED) is 0.855. The molecule has 0 amide bonds. The first kappa shape index (κ1) is 14.8. The summed E-state index contributed by atoms with van der Waals surface area (Å²) in [7, 11) is 0. The molecule has 3 aliphatic heterocycles. The lowest BCUT2D eigenvalue weighted by atomic mass is 9.98. The maximum atomic E-state index is 3.69. The van der Waals surface area contributed by atoms with Gasteiger partial charge in [-0.3, -0.25) is 9.80 Å². The van der Waals surface area contributed by atoms with Crippen molar-refractivity contribution in [1.82, 2.24) is 15.1 Å². The number of fused-ring (bicyclic) bond motifs is 1. The predicted octanol–water partition coefficient (Wildman–Crippen LogP) is 2.32. The second-order valence-electron chi connectivity index (χ2n) is 8.24. The van der Waals surface area contributed by atoms with Crippen molar-refractivity contribution in [2.24, 2.45) is 5.92 Å². The van der Waals surface area contributed by atoms with Crippen LogP contribution in [0.25, 0.3) is 0 Å². The van der Waals surface area contributed by atoms with Gasteiger partial charge in [0, 0.05) is 30.7 Å². The molecule has 20 heavy (non-hydrogen) atoms. The van der Waals surface area contributed by atoms with E-state index < -0.39 is 0 Å². The topological polar surface area (TPSA) is 18.5 Å². The van der Waals surface area contributed by atoms with E-state index in [0.29, 0.717) is 0 Å². The molecule has 0 aromatic rings. The molecule has 3 fully saturated rings. The van der Waals surface area contributed by atoms with Crippen molar-refractivity contribution >= 4 is 0 Å². The van der Waals surface area contributed by atoms with Gasteiger partial charge < -0.3 is 5.32 Å². The second-order valence-corrected chi connectivity index (χ2v) is 8.24. The number of piperidine rings is 1. The van der Waals surface area contributed by atoms with Crippen molar-refractivity contribution < 1.29 is 0 Å². The number of nitrogens with zero attached hydrogens (tertiary/aromatic N) is 2. The van der Waals surface area contributed by atoms with Crippen LogP contribution >= 0.6 is 0 Å². The zero-order valence-corrected chi connectivity index (χ0v) is 13.7. The summed E-state index contributed by atoms with van der Waals surface area (Å²) in [6.45, 7) is 13.4. The summed E-state index contributed by atoms with van der Waals surface area (Å²) in [5.41, 5.74) is 0.265. The number of hydrogen-bond donors (Lipinski definition) is 1. The summed E-state index contributed by atoms with van der Waals surface area (Å²) >= 11 is 0. The molecule has 0 aromatic heterocycles. The zero-order valence-electron chi connectivity index (χ0n) is 13.7. The van der Waals surface area contributed by atoms with Crippen LogP contribution in [0.1, 0.15) is 52.9 Å². The van der Waals surface area contributed by atoms with Crippen molar-refractivity contribution in [1.29, 1.82) is 0 Å². The summed E-state index contributed by atoms with van der Waals surface area (Å²) in [5, 5.41) is 3.69. The van der Waals surface area contributed by atoms with Crippen LogP contribution in [0.2, 0.25) is 0 Å². The number of rotatable bonds is 3. The number of nitrogens with one attached hydrogen (secondary N) is 1. The smallest absolute Gasteiger partial charge is 0.0263 e. The van der Waals surface area contributed by atoms with E-state index >= 15 is 0 Å². The molecule has 116 valence electrons. The zero-order chi connectivity index (χ0) is 14.2. The Morgan fingerprint density at radius 1 is 0.900 bits per heavy atom. The van der Waals surface area contributed by atoms with Crippen molar-refractivity contribution in [2.75, 3.05) is 32.7 Å². The summed E-state index contributed by atoms with van der Waals surface area (Å²) < 4.78 is 0. The molecule has 3 atom stereocenters. The highest BCUT2D eigenvalue weighted by molar-refractivity contribution is 4.97. The minimum Gasteiger partial charge on any atom is -0.312 e. The Kier molecular flexibility index (Phi) is 4.40. The number of likely N-dealkylation sites (tertiary alicyclic amines) is 1. The maximum Gasteiger partial charge on any atom is 0.0263 e. The van der Waals surface area contributed by atoms with E-state index in [1.807, 2.05) is 0 Å². The molecule has 3 heteroatoms. The molecular weight excluding hydrogens is 246 g/mol. The van der Waals surface area contributed by atoms with Gasteiger partial charge in [-0.15, -0.1) is 0 Å². The standard InChI is InChI=1S/C17H33N3/c1-17(2,3)18-12-14-7-10-20(13-14)16-8-11-19-9-5-4-6-15(16)19/h14-16,18H,4-13H2,1-3H3. The van der Waals surface area contributed by atoms with Gasteiger partial charge in [0.05, 0.1) is 0 Å². The van der Waals surface area contributed by atoms with Crippen LogP contribution in [0.15, 0.2) is 0 Å². The lowest BCUT2D eigenvalue weighted by Gasteiger charge is -2.36. The monoisotopic (exact) mass is 279 g/mol. The normalized spacial score (nSPS) is 36.5. The van der Waals surface area contributed by atoms with Gasteiger partial charge in [-0.1, -0.05) is 6.42 Å². The Labute approximate surface area is 125 Å². The fourth-order valence-electron chi connectivity index (χ4n) is 4.43. The van der Waals surface area contributed by atoms with Crippen molar-refractivity contribution in [3.63, 3.8) is 0 Å². The van der Waals surface area contributed by atoms with E-state index in [9.17, 15) is 0 Å². The average molecular weight is 279 g/mol. The van der Waals surface area contributed by atoms with E-state index in [1.54, 1.807) is 0 Å².